The molecule has 1 unspecified atom stereocenters. The summed E-state index contributed by atoms with van der Waals surface area (Å²) in [5.41, 5.74) is 5.50. The van der Waals surface area contributed by atoms with Crippen molar-refractivity contribution in [3.63, 3.8) is 0 Å². The Labute approximate surface area is 186 Å². The fourth-order valence-corrected chi connectivity index (χ4v) is 5.87. The van der Waals surface area contributed by atoms with Crippen molar-refractivity contribution in [2.24, 2.45) is 10.7 Å². The zero-order chi connectivity index (χ0) is 23.1. The number of aromatic nitrogens is 1. The minimum Gasteiger partial charge on any atom is -0.378 e. The number of hydrogen-bond donors (Lipinski definition) is 2. The maximum atomic E-state index is 14.9. The first-order valence-electron chi connectivity index (χ1n) is 10.1. The van der Waals surface area contributed by atoms with E-state index >= 15 is 0 Å². The molecule has 0 radical (unpaired) electrons. The number of pyridine rings is 1. The number of carbonyl (C=O) groups is 1. The van der Waals surface area contributed by atoms with Crippen molar-refractivity contribution in [3.05, 3.63) is 59.4 Å². The van der Waals surface area contributed by atoms with Crippen LogP contribution in [0.5, 0.6) is 0 Å². The number of nitrogens with zero attached hydrogens (tertiary/aromatic N) is 2. The van der Waals surface area contributed by atoms with Gasteiger partial charge >= 0.3 is 0 Å². The predicted octanol–water partition coefficient (Wildman–Crippen LogP) is 5.23. The highest BCUT2D eigenvalue weighted by atomic mass is 32.2. The number of amides is 1. The Morgan fingerprint density at radius 1 is 1.12 bits per heavy atom. The van der Waals surface area contributed by atoms with E-state index in [9.17, 15) is 22.4 Å². The lowest BCUT2D eigenvalue weighted by molar-refractivity contribution is -0.0434. The normalized spacial score (nSPS) is 24.1. The van der Waals surface area contributed by atoms with Crippen LogP contribution >= 0.6 is 11.8 Å². The van der Waals surface area contributed by atoms with Gasteiger partial charge in [-0.05, 0) is 56.5 Å². The second-order valence-corrected chi connectivity index (χ2v) is 10.0. The lowest BCUT2D eigenvalue weighted by atomic mass is 9.75. The van der Waals surface area contributed by atoms with Crippen LogP contribution in [0.1, 0.15) is 55.1 Å². The van der Waals surface area contributed by atoms with Crippen molar-refractivity contribution in [2.45, 2.75) is 55.2 Å². The third-order valence-corrected chi connectivity index (χ3v) is 7.29. The first-order chi connectivity index (χ1) is 15.0. The molecule has 1 aliphatic heterocycles. The van der Waals surface area contributed by atoms with Crippen molar-refractivity contribution in [1.29, 1.82) is 0 Å². The van der Waals surface area contributed by atoms with Crippen LogP contribution in [-0.2, 0) is 5.54 Å². The molecule has 1 atom stereocenters. The van der Waals surface area contributed by atoms with Gasteiger partial charge in [-0.2, -0.15) is 0 Å². The number of alkyl halides is 2. The number of amidine groups is 1. The van der Waals surface area contributed by atoms with E-state index in [-0.39, 0.29) is 42.1 Å². The highest BCUT2D eigenvalue weighted by Gasteiger charge is 2.50. The van der Waals surface area contributed by atoms with E-state index < -0.39 is 33.8 Å². The lowest BCUT2D eigenvalue weighted by Crippen LogP contribution is -2.46. The van der Waals surface area contributed by atoms with Gasteiger partial charge in [-0.25, -0.2) is 22.5 Å². The molecule has 4 rings (SSSR count). The van der Waals surface area contributed by atoms with E-state index in [1.165, 1.54) is 36.0 Å². The van der Waals surface area contributed by atoms with Gasteiger partial charge in [-0.1, -0.05) is 11.8 Å². The maximum absolute atomic E-state index is 14.9. The molecular formula is C22H22F4N4OS. The van der Waals surface area contributed by atoms with Crippen LogP contribution < -0.4 is 11.1 Å². The van der Waals surface area contributed by atoms with E-state index in [0.717, 1.165) is 12.3 Å². The Kier molecular flexibility index (Phi) is 5.68. The second-order valence-electron chi connectivity index (χ2n) is 8.55. The molecule has 3 N–H and O–H groups in total. The van der Waals surface area contributed by atoms with Crippen molar-refractivity contribution in [1.82, 2.24) is 4.98 Å². The maximum Gasteiger partial charge on any atom is 0.274 e. The number of benzene rings is 1. The monoisotopic (exact) mass is 466 g/mol. The topological polar surface area (TPSA) is 80.4 Å². The van der Waals surface area contributed by atoms with E-state index in [0.29, 0.717) is 12.1 Å². The standard InChI is InChI=1S/C22H22F4N4OS/c1-20(12-21(32-19(27)30-20)6-8-22(25,26)9-7-21)15-10-14(3-4-16(15)24)29-18(31)17-5-2-13(23)11-28-17/h2-5,10-11H,6-9,12H2,1H3,(H2,27,30)(H,29,31). The number of nitrogens with two attached hydrogens (primary N) is 1. The van der Waals surface area contributed by atoms with Crippen LogP contribution in [0.4, 0.5) is 23.2 Å². The minimum absolute atomic E-state index is 0.00176. The van der Waals surface area contributed by atoms with Gasteiger partial charge in [-0.15, -0.1) is 0 Å². The van der Waals surface area contributed by atoms with Crippen LogP contribution in [-0.4, -0.2) is 26.7 Å². The third kappa shape index (κ3) is 4.60. The Hall–Kier alpha value is -2.62. The first kappa shape index (κ1) is 22.6. The molecule has 1 saturated carbocycles. The van der Waals surface area contributed by atoms with Crippen LogP contribution in [0.25, 0.3) is 0 Å². The van der Waals surface area contributed by atoms with Gasteiger partial charge in [0, 0.05) is 28.8 Å². The first-order valence-corrected chi connectivity index (χ1v) is 11.0. The quantitative estimate of drug-likeness (QED) is 0.608. The van der Waals surface area contributed by atoms with E-state index in [4.69, 9.17) is 5.73 Å². The summed E-state index contributed by atoms with van der Waals surface area (Å²) in [6.07, 6.45) is 1.29. The molecule has 1 spiro atoms. The van der Waals surface area contributed by atoms with Gasteiger partial charge in [0.25, 0.3) is 5.91 Å². The molecule has 10 heteroatoms. The number of thioether (sulfide) groups is 1. The number of nitrogens with one attached hydrogen (secondary N) is 1. The summed E-state index contributed by atoms with van der Waals surface area (Å²) in [6, 6.07) is 6.43. The van der Waals surface area contributed by atoms with E-state index in [2.05, 4.69) is 15.3 Å². The molecule has 1 aromatic carbocycles. The summed E-state index contributed by atoms with van der Waals surface area (Å²) >= 11 is 1.29. The van der Waals surface area contributed by atoms with Crippen LogP contribution in [0.3, 0.4) is 0 Å². The van der Waals surface area contributed by atoms with Crippen molar-refractivity contribution < 1.29 is 22.4 Å². The number of anilines is 1. The SMILES string of the molecule is CC1(c2cc(NC(=O)c3ccc(F)cn3)ccc2F)CC2(CCC(F)(F)CC2)SC(N)=N1. The molecule has 170 valence electrons. The van der Waals surface area contributed by atoms with Gasteiger partial charge in [0.1, 0.15) is 17.3 Å². The Morgan fingerprint density at radius 3 is 2.50 bits per heavy atom. The van der Waals surface area contributed by atoms with Crippen molar-refractivity contribution >= 4 is 28.5 Å². The summed E-state index contributed by atoms with van der Waals surface area (Å²) in [4.78, 5) is 20.6. The smallest absolute Gasteiger partial charge is 0.274 e. The molecule has 1 fully saturated rings. The van der Waals surface area contributed by atoms with Gasteiger partial charge in [0.05, 0.1) is 11.7 Å². The Balaban J connectivity index is 1.61. The molecule has 32 heavy (non-hydrogen) atoms. The van der Waals surface area contributed by atoms with Gasteiger partial charge in [0.2, 0.25) is 5.92 Å². The third-order valence-electron chi connectivity index (χ3n) is 6.00. The number of rotatable bonds is 3. The number of carbonyl (C=O) groups excluding carboxylic acids is 1. The largest absolute Gasteiger partial charge is 0.378 e. The van der Waals surface area contributed by atoms with Gasteiger partial charge < -0.3 is 11.1 Å². The molecule has 2 aliphatic rings. The zero-order valence-electron chi connectivity index (χ0n) is 17.3. The molecule has 0 saturated heterocycles. The number of aliphatic imine (C=N–C) groups is 1. The van der Waals surface area contributed by atoms with Crippen LogP contribution in [0.15, 0.2) is 41.5 Å². The highest BCUT2D eigenvalue weighted by molar-refractivity contribution is 8.15. The Bertz CT molecular complexity index is 1070. The average molecular weight is 467 g/mol. The summed E-state index contributed by atoms with van der Waals surface area (Å²) in [5, 5.41) is 2.85. The second kappa shape index (κ2) is 8.06. The van der Waals surface area contributed by atoms with E-state index in [1.807, 2.05) is 0 Å². The highest BCUT2D eigenvalue weighted by Crippen LogP contribution is 2.54. The summed E-state index contributed by atoms with van der Waals surface area (Å²) in [6.45, 7) is 1.72. The van der Waals surface area contributed by atoms with Crippen LogP contribution in [0.2, 0.25) is 0 Å². The summed E-state index contributed by atoms with van der Waals surface area (Å²) < 4.78 is 54.9. The molecular weight excluding hydrogens is 444 g/mol. The average Bonchev–Trinajstić information content (AvgIpc) is 2.72. The fourth-order valence-electron chi connectivity index (χ4n) is 4.42. The van der Waals surface area contributed by atoms with Crippen LogP contribution in [0, 0.1) is 11.6 Å². The van der Waals surface area contributed by atoms with Gasteiger partial charge in [0.15, 0.2) is 5.17 Å². The summed E-state index contributed by atoms with van der Waals surface area (Å²) in [5.74, 6) is -4.39. The molecule has 1 amide bonds. The molecule has 1 aliphatic carbocycles. The lowest BCUT2D eigenvalue weighted by Gasteiger charge is -2.46. The summed E-state index contributed by atoms with van der Waals surface area (Å²) in [7, 11) is 0. The van der Waals surface area contributed by atoms with Crippen molar-refractivity contribution in [2.75, 3.05) is 5.32 Å². The number of hydrogen-bond acceptors (Lipinski definition) is 5. The van der Waals surface area contributed by atoms with Gasteiger partial charge in [-0.3, -0.25) is 9.79 Å². The fraction of sp³-hybridized carbons (Fsp3) is 0.409. The zero-order valence-corrected chi connectivity index (χ0v) is 18.1. The molecule has 0 bridgehead atoms. The van der Waals surface area contributed by atoms with E-state index in [1.54, 1.807) is 6.92 Å². The molecule has 2 aromatic rings. The number of halogens is 4. The molecule has 2 heterocycles. The van der Waals surface area contributed by atoms with Crippen molar-refractivity contribution in [3.8, 4) is 0 Å². The molecule has 1 aromatic heterocycles. The Morgan fingerprint density at radius 2 is 1.84 bits per heavy atom. The molecule has 5 nitrogen and oxygen atoms in total. The predicted molar refractivity (Wildman–Crippen MR) is 116 cm³/mol. The minimum atomic E-state index is -2.70.